The number of hydrogen-bond acceptors (Lipinski definition) is 3. The lowest BCUT2D eigenvalue weighted by Gasteiger charge is -2.30. The summed E-state index contributed by atoms with van der Waals surface area (Å²) in [6.45, 7) is 6.27. The zero-order valence-electron chi connectivity index (χ0n) is 17.2. The standard InChI is InChI=1S/C21H34N2O3S/c1-5-23(6-2)27(25,26)20-16-18(15-14-17(20)3)21(24)22(4)19-12-10-8-7-9-11-13-19/h14-16,19H,5-13H2,1-4H3. The van der Waals surface area contributed by atoms with E-state index in [4.69, 9.17) is 0 Å². The van der Waals surface area contributed by atoms with Crippen molar-refractivity contribution in [3.63, 3.8) is 0 Å². The Morgan fingerprint density at radius 1 is 1.04 bits per heavy atom. The summed E-state index contributed by atoms with van der Waals surface area (Å²) in [5.74, 6) is -0.0865. The summed E-state index contributed by atoms with van der Waals surface area (Å²) in [7, 11) is -1.73. The molecule has 0 bridgehead atoms. The van der Waals surface area contributed by atoms with Gasteiger partial charge in [0.2, 0.25) is 10.0 Å². The van der Waals surface area contributed by atoms with Crippen LogP contribution in [0.4, 0.5) is 0 Å². The van der Waals surface area contributed by atoms with Gasteiger partial charge >= 0.3 is 0 Å². The van der Waals surface area contributed by atoms with Crippen molar-refractivity contribution in [1.82, 2.24) is 9.21 Å². The van der Waals surface area contributed by atoms with Gasteiger partial charge in [0.25, 0.3) is 5.91 Å². The molecule has 0 N–H and O–H groups in total. The Balaban J connectivity index is 2.29. The summed E-state index contributed by atoms with van der Waals surface area (Å²) in [5.41, 5.74) is 1.13. The molecule has 1 aliphatic rings. The Labute approximate surface area is 164 Å². The molecule has 0 spiro atoms. The predicted octanol–water partition coefficient (Wildman–Crippen LogP) is 4.21. The summed E-state index contributed by atoms with van der Waals surface area (Å²) >= 11 is 0. The number of nitrogens with zero attached hydrogens (tertiary/aromatic N) is 2. The minimum atomic E-state index is -3.59. The van der Waals surface area contributed by atoms with Crippen LogP contribution < -0.4 is 0 Å². The molecule has 1 aliphatic carbocycles. The van der Waals surface area contributed by atoms with E-state index in [1.165, 1.54) is 23.6 Å². The minimum absolute atomic E-state index is 0.0865. The van der Waals surface area contributed by atoms with E-state index in [2.05, 4.69) is 0 Å². The number of rotatable bonds is 6. The summed E-state index contributed by atoms with van der Waals surface area (Å²) in [6.07, 6.45) is 8.10. The van der Waals surface area contributed by atoms with Crippen molar-refractivity contribution in [2.45, 2.75) is 76.7 Å². The molecular weight excluding hydrogens is 360 g/mol. The van der Waals surface area contributed by atoms with Crippen molar-refractivity contribution < 1.29 is 13.2 Å². The molecule has 0 aromatic heterocycles. The maximum Gasteiger partial charge on any atom is 0.253 e. The molecule has 6 heteroatoms. The fourth-order valence-electron chi connectivity index (χ4n) is 3.90. The van der Waals surface area contributed by atoms with Crippen molar-refractivity contribution in [2.24, 2.45) is 0 Å². The van der Waals surface area contributed by atoms with Gasteiger partial charge in [0.15, 0.2) is 0 Å². The van der Waals surface area contributed by atoms with Crippen LogP contribution in [0.2, 0.25) is 0 Å². The summed E-state index contributed by atoms with van der Waals surface area (Å²) in [5, 5.41) is 0. The summed E-state index contributed by atoms with van der Waals surface area (Å²) in [6, 6.07) is 5.29. The molecule has 2 rings (SSSR count). The van der Waals surface area contributed by atoms with E-state index >= 15 is 0 Å². The van der Waals surface area contributed by atoms with Crippen molar-refractivity contribution in [3.8, 4) is 0 Å². The van der Waals surface area contributed by atoms with Gasteiger partial charge in [-0.25, -0.2) is 8.42 Å². The van der Waals surface area contributed by atoms with Crippen LogP contribution in [0, 0.1) is 6.92 Å². The van der Waals surface area contributed by atoms with Gasteiger partial charge in [-0.15, -0.1) is 0 Å². The predicted molar refractivity (Wildman–Crippen MR) is 109 cm³/mol. The summed E-state index contributed by atoms with van der Waals surface area (Å²) < 4.78 is 27.3. The van der Waals surface area contributed by atoms with Gasteiger partial charge in [-0.05, 0) is 37.5 Å². The third-order valence-corrected chi connectivity index (χ3v) is 7.89. The number of benzene rings is 1. The van der Waals surface area contributed by atoms with E-state index < -0.39 is 10.0 Å². The molecule has 0 atom stereocenters. The molecule has 1 fully saturated rings. The molecule has 0 aliphatic heterocycles. The highest BCUT2D eigenvalue weighted by atomic mass is 32.2. The fraction of sp³-hybridized carbons (Fsp3) is 0.667. The minimum Gasteiger partial charge on any atom is -0.339 e. The van der Waals surface area contributed by atoms with Crippen molar-refractivity contribution in [3.05, 3.63) is 29.3 Å². The Kier molecular flexibility index (Phi) is 7.86. The van der Waals surface area contributed by atoms with Crippen LogP contribution >= 0.6 is 0 Å². The molecule has 5 nitrogen and oxygen atoms in total. The monoisotopic (exact) mass is 394 g/mol. The van der Waals surface area contributed by atoms with Gasteiger partial charge < -0.3 is 4.90 Å². The second-order valence-electron chi connectivity index (χ2n) is 7.48. The normalized spacial score (nSPS) is 16.8. The first-order chi connectivity index (χ1) is 12.8. The second-order valence-corrected chi connectivity index (χ2v) is 9.39. The van der Waals surface area contributed by atoms with Gasteiger partial charge in [0.1, 0.15) is 0 Å². The molecule has 1 aromatic rings. The third kappa shape index (κ3) is 5.11. The lowest BCUT2D eigenvalue weighted by molar-refractivity contribution is 0.0706. The first-order valence-electron chi connectivity index (χ1n) is 10.2. The smallest absolute Gasteiger partial charge is 0.253 e. The first kappa shape index (κ1) is 21.9. The fourth-order valence-corrected chi connectivity index (χ4v) is 5.61. The molecule has 1 saturated carbocycles. The Morgan fingerprint density at radius 3 is 2.15 bits per heavy atom. The number of amides is 1. The molecule has 0 saturated heterocycles. The van der Waals surface area contributed by atoms with Crippen LogP contribution in [0.15, 0.2) is 23.1 Å². The SMILES string of the molecule is CCN(CC)S(=O)(=O)c1cc(C(=O)N(C)C2CCCCCCC2)ccc1C. The molecule has 152 valence electrons. The van der Waals surface area contributed by atoms with Gasteiger partial charge in [0.05, 0.1) is 4.90 Å². The lowest BCUT2D eigenvalue weighted by Crippen LogP contribution is -2.37. The Morgan fingerprint density at radius 2 is 1.59 bits per heavy atom. The average molecular weight is 395 g/mol. The number of hydrogen-bond donors (Lipinski definition) is 0. The van der Waals surface area contributed by atoms with E-state index in [0.29, 0.717) is 24.2 Å². The van der Waals surface area contributed by atoms with Crippen LogP contribution in [0.3, 0.4) is 0 Å². The van der Waals surface area contributed by atoms with E-state index in [-0.39, 0.29) is 16.8 Å². The quantitative estimate of drug-likeness (QED) is 0.726. The molecule has 1 aromatic carbocycles. The topological polar surface area (TPSA) is 57.7 Å². The number of carbonyl (C=O) groups is 1. The van der Waals surface area contributed by atoms with Crippen LogP contribution in [-0.2, 0) is 10.0 Å². The van der Waals surface area contributed by atoms with Gasteiger partial charge in [-0.2, -0.15) is 4.31 Å². The van der Waals surface area contributed by atoms with Crippen molar-refractivity contribution in [2.75, 3.05) is 20.1 Å². The van der Waals surface area contributed by atoms with Crippen molar-refractivity contribution >= 4 is 15.9 Å². The lowest BCUT2D eigenvalue weighted by atomic mass is 9.95. The van der Waals surface area contributed by atoms with Crippen LogP contribution in [-0.4, -0.2) is 49.7 Å². The largest absolute Gasteiger partial charge is 0.339 e. The van der Waals surface area contributed by atoms with Gasteiger partial charge in [-0.3, -0.25) is 4.79 Å². The molecule has 1 amide bonds. The maximum atomic E-state index is 13.1. The zero-order chi connectivity index (χ0) is 20.0. The highest BCUT2D eigenvalue weighted by molar-refractivity contribution is 7.89. The summed E-state index contributed by atoms with van der Waals surface area (Å²) in [4.78, 5) is 15.1. The van der Waals surface area contributed by atoms with E-state index in [1.54, 1.807) is 25.1 Å². The molecule has 27 heavy (non-hydrogen) atoms. The van der Waals surface area contributed by atoms with Crippen molar-refractivity contribution in [1.29, 1.82) is 0 Å². The van der Waals surface area contributed by atoms with Crippen LogP contribution in [0.25, 0.3) is 0 Å². The average Bonchev–Trinajstić information content (AvgIpc) is 2.61. The Hall–Kier alpha value is -1.40. The second kappa shape index (κ2) is 9.69. The van der Waals surface area contributed by atoms with Gasteiger partial charge in [0, 0.05) is 31.7 Å². The van der Waals surface area contributed by atoms with Gasteiger partial charge in [-0.1, -0.05) is 52.0 Å². The molecule has 0 unspecified atom stereocenters. The van der Waals surface area contributed by atoms with Crippen LogP contribution in [0.1, 0.15) is 74.7 Å². The number of aryl methyl sites for hydroxylation is 1. The zero-order valence-corrected chi connectivity index (χ0v) is 18.0. The van der Waals surface area contributed by atoms with E-state index in [9.17, 15) is 13.2 Å². The third-order valence-electron chi connectivity index (χ3n) is 5.70. The molecule has 0 radical (unpaired) electrons. The van der Waals surface area contributed by atoms with E-state index in [0.717, 1.165) is 25.7 Å². The highest BCUT2D eigenvalue weighted by Crippen LogP contribution is 2.25. The van der Waals surface area contributed by atoms with Crippen LogP contribution in [0.5, 0.6) is 0 Å². The van der Waals surface area contributed by atoms with E-state index in [1.807, 2.05) is 25.8 Å². The highest BCUT2D eigenvalue weighted by Gasteiger charge is 2.27. The Bertz CT molecular complexity index is 734. The molecular formula is C21H34N2O3S. The molecule has 0 heterocycles. The number of sulfonamides is 1. The number of carbonyl (C=O) groups excluding carboxylic acids is 1. The maximum absolute atomic E-state index is 13.1. The first-order valence-corrected chi connectivity index (χ1v) is 11.6.